The van der Waals surface area contributed by atoms with Gasteiger partial charge in [-0.05, 0) is 84.0 Å². The normalized spacial score (nSPS) is 21.3. The van der Waals surface area contributed by atoms with Gasteiger partial charge >= 0.3 is 0 Å². The lowest BCUT2D eigenvalue weighted by Gasteiger charge is -2.40. The molecule has 1 unspecified atom stereocenters. The van der Waals surface area contributed by atoms with Crippen LogP contribution >= 0.6 is 0 Å². The Morgan fingerprint density at radius 3 is 2.55 bits per heavy atom. The van der Waals surface area contributed by atoms with Crippen LogP contribution in [0.1, 0.15) is 71.3 Å². The van der Waals surface area contributed by atoms with E-state index in [-0.39, 0.29) is 17.0 Å². The highest BCUT2D eigenvalue weighted by molar-refractivity contribution is 5.92. The molecule has 0 radical (unpaired) electrons. The molecule has 168 valence electrons. The summed E-state index contributed by atoms with van der Waals surface area (Å²) in [6.07, 6.45) is 5.44. The topological polar surface area (TPSA) is 53.4 Å². The highest BCUT2D eigenvalue weighted by Gasteiger charge is 2.46. The van der Waals surface area contributed by atoms with Crippen LogP contribution in [-0.2, 0) is 5.41 Å². The number of rotatable bonds is 3. The van der Waals surface area contributed by atoms with Crippen LogP contribution in [0.15, 0.2) is 60.8 Å². The molecule has 1 saturated heterocycles. The SMILES string of the molecule is O=C(c1ccc(F)cn1)N1CCC2(CC1)CC(O)c1cc(-c3ccccc3C3CC3)ccc12. The number of benzene rings is 2. The smallest absolute Gasteiger partial charge is 0.272 e. The Bertz CT molecular complexity index is 1210. The predicted octanol–water partition coefficient (Wildman–Crippen LogP) is 5.38. The molecule has 1 aromatic heterocycles. The van der Waals surface area contributed by atoms with Crippen LogP contribution in [0.2, 0.25) is 0 Å². The largest absolute Gasteiger partial charge is 0.388 e. The summed E-state index contributed by atoms with van der Waals surface area (Å²) in [6, 6.07) is 18.0. The zero-order valence-electron chi connectivity index (χ0n) is 18.5. The van der Waals surface area contributed by atoms with Gasteiger partial charge in [-0.2, -0.15) is 0 Å². The van der Waals surface area contributed by atoms with Gasteiger partial charge in [0.2, 0.25) is 0 Å². The third kappa shape index (κ3) is 3.55. The highest BCUT2D eigenvalue weighted by atomic mass is 19.1. The second-order valence-corrected chi connectivity index (χ2v) is 9.82. The molecule has 1 amide bonds. The number of amides is 1. The van der Waals surface area contributed by atoms with E-state index in [0.29, 0.717) is 25.4 Å². The number of piperidine rings is 1. The van der Waals surface area contributed by atoms with E-state index in [2.05, 4.69) is 47.4 Å². The summed E-state index contributed by atoms with van der Waals surface area (Å²) < 4.78 is 13.2. The van der Waals surface area contributed by atoms with E-state index >= 15 is 0 Å². The van der Waals surface area contributed by atoms with Gasteiger partial charge in [0.05, 0.1) is 12.3 Å². The Labute approximate surface area is 193 Å². The van der Waals surface area contributed by atoms with Gasteiger partial charge in [0, 0.05) is 18.5 Å². The molecule has 5 heteroatoms. The quantitative estimate of drug-likeness (QED) is 0.593. The van der Waals surface area contributed by atoms with Crippen LogP contribution in [0.5, 0.6) is 0 Å². The molecule has 1 N–H and O–H groups in total. The molecular weight excluding hydrogens is 415 g/mol. The molecule has 2 heterocycles. The van der Waals surface area contributed by atoms with Crippen LogP contribution in [0.25, 0.3) is 11.1 Å². The fourth-order valence-electron chi connectivity index (χ4n) is 5.86. The second-order valence-electron chi connectivity index (χ2n) is 9.82. The maximum atomic E-state index is 13.2. The average Bonchev–Trinajstić information content (AvgIpc) is 3.66. The van der Waals surface area contributed by atoms with Crippen molar-refractivity contribution < 1.29 is 14.3 Å². The van der Waals surface area contributed by atoms with Gasteiger partial charge in [0.1, 0.15) is 11.5 Å². The van der Waals surface area contributed by atoms with Gasteiger partial charge in [-0.15, -0.1) is 0 Å². The number of carbonyl (C=O) groups excluding carboxylic acids is 1. The molecule has 33 heavy (non-hydrogen) atoms. The molecular formula is C28H27FN2O2. The van der Waals surface area contributed by atoms with Crippen molar-refractivity contribution in [2.75, 3.05) is 13.1 Å². The van der Waals surface area contributed by atoms with E-state index in [9.17, 15) is 14.3 Å². The standard InChI is InChI=1S/C28H27FN2O2/c29-20-8-10-25(30-17-20)27(33)31-13-11-28(12-14-31)16-26(32)23-15-19(7-9-24(23)28)22-4-2-1-3-21(22)18-5-6-18/h1-4,7-10,15,17-18,26,32H,5-6,11-14,16H2. The van der Waals surface area contributed by atoms with Crippen molar-refractivity contribution in [3.63, 3.8) is 0 Å². The Morgan fingerprint density at radius 1 is 1.03 bits per heavy atom. The zero-order chi connectivity index (χ0) is 22.6. The number of nitrogens with zero attached hydrogens (tertiary/aromatic N) is 2. The fourth-order valence-corrected chi connectivity index (χ4v) is 5.86. The zero-order valence-corrected chi connectivity index (χ0v) is 18.5. The number of hydrogen-bond donors (Lipinski definition) is 1. The lowest BCUT2D eigenvalue weighted by atomic mass is 9.73. The fraction of sp³-hybridized carbons (Fsp3) is 0.357. The summed E-state index contributed by atoms with van der Waals surface area (Å²) in [4.78, 5) is 18.6. The highest BCUT2D eigenvalue weighted by Crippen LogP contribution is 2.52. The molecule has 3 aromatic rings. The van der Waals surface area contributed by atoms with Crippen molar-refractivity contribution in [1.82, 2.24) is 9.88 Å². The predicted molar refractivity (Wildman–Crippen MR) is 124 cm³/mol. The minimum atomic E-state index is -0.478. The first-order chi connectivity index (χ1) is 16.0. The Morgan fingerprint density at radius 2 is 1.82 bits per heavy atom. The molecule has 1 aliphatic heterocycles. The van der Waals surface area contributed by atoms with Crippen molar-refractivity contribution in [3.05, 3.63) is 89.0 Å². The molecule has 2 fully saturated rings. The monoisotopic (exact) mass is 442 g/mol. The van der Waals surface area contributed by atoms with Crippen LogP contribution in [-0.4, -0.2) is 34.0 Å². The molecule has 2 aliphatic carbocycles. The summed E-state index contributed by atoms with van der Waals surface area (Å²) >= 11 is 0. The maximum Gasteiger partial charge on any atom is 0.272 e. The van der Waals surface area contributed by atoms with E-state index in [4.69, 9.17) is 0 Å². The first-order valence-electron chi connectivity index (χ1n) is 11.9. The van der Waals surface area contributed by atoms with Gasteiger partial charge in [-0.25, -0.2) is 9.37 Å². The number of carbonyl (C=O) groups is 1. The van der Waals surface area contributed by atoms with Crippen LogP contribution in [0.4, 0.5) is 4.39 Å². The Hall–Kier alpha value is -3.05. The van der Waals surface area contributed by atoms with Gasteiger partial charge < -0.3 is 10.0 Å². The first-order valence-corrected chi connectivity index (χ1v) is 11.9. The maximum absolute atomic E-state index is 13.2. The molecule has 4 nitrogen and oxygen atoms in total. The van der Waals surface area contributed by atoms with Crippen molar-refractivity contribution >= 4 is 5.91 Å². The molecule has 0 bridgehead atoms. The van der Waals surface area contributed by atoms with Crippen molar-refractivity contribution in [1.29, 1.82) is 0 Å². The molecule has 1 saturated carbocycles. The number of pyridine rings is 1. The van der Waals surface area contributed by atoms with Gasteiger partial charge in [0.15, 0.2) is 0 Å². The van der Waals surface area contributed by atoms with Crippen molar-refractivity contribution in [2.24, 2.45) is 0 Å². The number of hydrogen-bond acceptors (Lipinski definition) is 3. The number of fused-ring (bicyclic) bond motifs is 2. The number of likely N-dealkylation sites (tertiary alicyclic amines) is 1. The van der Waals surface area contributed by atoms with Crippen molar-refractivity contribution in [2.45, 2.75) is 49.5 Å². The Balaban J connectivity index is 1.25. The first kappa shape index (κ1) is 20.5. The minimum Gasteiger partial charge on any atom is -0.388 e. The molecule has 3 aliphatic rings. The summed E-state index contributed by atoms with van der Waals surface area (Å²) in [5.41, 5.74) is 6.33. The van der Waals surface area contributed by atoms with Gasteiger partial charge in [0.25, 0.3) is 5.91 Å². The third-order valence-corrected chi connectivity index (χ3v) is 7.81. The minimum absolute atomic E-state index is 0.101. The number of halogens is 1. The number of aromatic nitrogens is 1. The summed E-state index contributed by atoms with van der Waals surface area (Å²) in [6.45, 7) is 1.21. The summed E-state index contributed by atoms with van der Waals surface area (Å²) in [5.74, 6) is 0.0682. The lowest BCUT2D eigenvalue weighted by molar-refractivity contribution is 0.0624. The summed E-state index contributed by atoms with van der Waals surface area (Å²) in [7, 11) is 0. The third-order valence-electron chi connectivity index (χ3n) is 7.81. The van der Waals surface area contributed by atoms with E-state index in [1.54, 1.807) is 4.90 Å². The van der Waals surface area contributed by atoms with Crippen LogP contribution < -0.4 is 0 Å². The molecule has 2 aromatic carbocycles. The molecule has 1 spiro atoms. The molecule has 1 atom stereocenters. The number of aliphatic hydroxyl groups excluding tert-OH is 1. The average molecular weight is 443 g/mol. The Kier molecular flexibility index (Phi) is 4.84. The van der Waals surface area contributed by atoms with E-state index in [0.717, 1.165) is 24.6 Å². The second kappa shape index (κ2) is 7.77. The van der Waals surface area contributed by atoms with Crippen molar-refractivity contribution in [3.8, 4) is 11.1 Å². The van der Waals surface area contributed by atoms with Crippen LogP contribution in [0.3, 0.4) is 0 Å². The van der Waals surface area contributed by atoms with Gasteiger partial charge in [-0.1, -0.05) is 36.4 Å². The summed E-state index contributed by atoms with van der Waals surface area (Å²) in [5, 5.41) is 11.0. The lowest BCUT2D eigenvalue weighted by Crippen LogP contribution is -2.44. The van der Waals surface area contributed by atoms with Crippen LogP contribution in [0, 0.1) is 5.82 Å². The van der Waals surface area contributed by atoms with E-state index in [1.807, 2.05) is 0 Å². The number of aliphatic hydroxyl groups is 1. The van der Waals surface area contributed by atoms with Gasteiger partial charge in [-0.3, -0.25) is 4.79 Å². The molecule has 6 rings (SSSR count). The van der Waals surface area contributed by atoms with E-state index in [1.165, 1.54) is 47.2 Å². The van der Waals surface area contributed by atoms with E-state index < -0.39 is 11.9 Å².